The van der Waals surface area contributed by atoms with Crippen LogP contribution in [0, 0.1) is 0 Å². The Balaban J connectivity index is 1.24. The Bertz CT molecular complexity index is 1730. The Morgan fingerprint density at radius 1 is 0.293 bits per heavy atom. The molecule has 22 fully saturated rings. The van der Waals surface area contributed by atoms with E-state index in [0.29, 0.717) is 0 Å². The standard InChI is InChI=1S/C41H70O34/c1-8(48)15(49)21(55)35(62)69-34-27(61)41-68-14(7-47)33(34)75-40-26(60)20(54)31(12(5-45)67-40)73-38-24(58)18(52)29(10(3-43)65-38)71-36-22(56)16(50)28(9(2-42)63-36)70-37-23(57)17(51)30(11(4-44)64-37)72-39-25(59)19(53)32(74-41)13(6-46)66-39/h8-62H,2-7H2,1H3/t8?,9-,10-,11-,12-,13-,14-,15?,16-,17-,18-,19-,20-,21?,22-,23-,24-,25-,26-,27-,28-,29-,30-,31-,32-,33+,34-,35?,36-,37-,38-,39-,40-,41-/m1/s1. The third-order valence-corrected chi connectivity index (χ3v) is 14.1. The van der Waals surface area contributed by atoms with Gasteiger partial charge in [-0.2, -0.15) is 0 Å². The van der Waals surface area contributed by atoms with Crippen LogP contribution in [0.2, 0.25) is 0 Å². The van der Waals surface area contributed by atoms with Crippen molar-refractivity contribution < 1.29 is 169 Å². The van der Waals surface area contributed by atoms with Gasteiger partial charge in [0.2, 0.25) is 0 Å². The first kappa shape index (κ1) is 61.3. The van der Waals surface area contributed by atoms with Crippen LogP contribution in [-0.4, -0.2) is 356 Å². The molecule has 0 spiro atoms. The first-order valence-corrected chi connectivity index (χ1v) is 23.9. The van der Waals surface area contributed by atoms with Crippen LogP contribution in [0.1, 0.15) is 6.92 Å². The zero-order chi connectivity index (χ0) is 55.1. The highest BCUT2D eigenvalue weighted by Crippen LogP contribution is 2.39. The molecule has 12 bridgehead atoms. The molecule has 0 aromatic carbocycles. The summed E-state index contributed by atoms with van der Waals surface area (Å²) in [4.78, 5) is 0. The molecule has 0 saturated carbocycles. The Morgan fingerprint density at radius 2 is 0.507 bits per heavy atom. The van der Waals surface area contributed by atoms with Crippen LogP contribution in [-0.2, 0) is 61.6 Å². The third-order valence-electron chi connectivity index (χ3n) is 14.1. The molecule has 22 rings (SSSR count). The van der Waals surface area contributed by atoms with Crippen molar-refractivity contribution in [2.75, 3.05) is 39.6 Å². The van der Waals surface area contributed by atoms with Gasteiger partial charge >= 0.3 is 0 Å². The molecule has 438 valence electrons. The summed E-state index contributed by atoms with van der Waals surface area (Å²) < 4.78 is 74.2. The van der Waals surface area contributed by atoms with Gasteiger partial charge in [-0.05, 0) is 6.92 Å². The van der Waals surface area contributed by atoms with Crippen LogP contribution in [0.3, 0.4) is 0 Å². The highest BCUT2D eigenvalue weighted by atomic mass is 16.8. The molecule has 34 nitrogen and oxygen atoms in total. The maximum Gasteiger partial charge on any atom is 0.187 e. The van der Waals surface area contributed by atoms with E-state index in [9.17, 15) is 107 Å². The van der Waals surface area contributed by atoms with Gasteiger partial charge in [0.1, 0.15) is 159 Å². The summed E-state index contributed by atoms with van der Waals surface area (Å²) in [6, 6.07) is 0. The topological polar surface area (TPSA) is 545 Å². The summed E-state index contributed by atoms with van der Waals surface area (Å²) in [5, 5.41) is 229. The Labute approximate surface area is 423 Å². The van der Waals surface area contributed by atoms with Crippen molar-refractivity contribution in [2.45, 2.75) is 216 Å². The van der Waals surface area contributed by atoms with Gasteiger partial charge in [-0.25, -0.2) is 0 Å². The zero-order valence-corrected chi connectivity index (χ0v) is 39.6. The highest BCUT2D eigenvalue weighted by molar-refractivity contribution is 5.01. The molecule has 22 heterocycles. The van der Waals surface area contributed by atoms with Crippen molar-refractivity contribution in [1.29, 1.82) is 0 Å². The lowest BCUT2D eigenvalue weighted by molar-refractivity contribution is -0.408. The van der Waals surface area contributed by atoms with Crippen molar-refractivity contribution >= 4 is 0 Å². The van der Waals surface area contributed by atoms with Crippen LogP contribution in [0.4, 0.5) is 0 Å². The van der Waals surface area contributed by atoms with Crippen molar-refractivity contribution in [2.24, 2.45) is 0 Å². The minimum Gasteiger partial charge on any atom is -0.394 e. The molecule has 22 aliphatic rings. The molecule has 4 unspecified atom stereocenters. The van der Waals surface area contributed by atoms with Crippen LogP contribution in [0.15, 0.2) is 0 Å². The monoisotopic (exact) mass is 1110 g/mol. The number of aliphatic hydroxyl groups excluding tert-OH is 21. The second kappa shape index (κ2) is 26.0. The van der Waals surface area contributed by atoms with Crippen molar-refractivity contribution in [3.63, 3.8) is 0 Å². The van der Waals surface area contributed by atoms with Crippen LogP contribution < -0.4 is 0 Å². The van der Waals surface area contributed by atoms with Gasteiger partial charge in [0.05, 0.1) is 45.7 Å². The molecule has 0 aliphatic carbocycles. The Kier molecular flexibility index (Phi) is 21.3. The Morgan fingerprint density at radius 3 is 0.733 bits per heavy atom. The smallest absolute Gasteiger partial charge is 0.187 e. The summed E-state index contributed by atoms with van der Waals surface area (Å²) in [7, 11) is 0. The molecule has 0 amide bonds. The van der Waals surface area contributed by atoms with E-state index >= 15 is 0 Å². The van der Waals surface area contributed by atoms with Crippen LogP contribution in [0.5, 0.6) is 0 Å². The average Bonchev–Trinajstić information content (AvgIpc) is 3.39. The quantitative estimate of drug-likeness (QED) is 0.0854. The largest absolute Gasteiger partial charge is 0.394 e. The molecular weight excluding hydrogens is 1040 g/mol. The SMILES string of the molecule is CC(O)C(O)C(O)C(O)O[C@@H]1[C@@H](O)[C@H]2O[C@H]3[C@H](O)[C@@H](O)[C@@H](O[C@H]4[C@H](O)[C@@H](O)[C@@H](O[C@H]5[C@H](O)[C@@H](O)[C@@H](O[C@H]6[C@H](O)[C@@H](O)[C@@H](O[C@H]7[C@H](O)[C@@H](O)[C@@H](O[C@H]1[C@@H](CO)O2)O[C@@H]7CO)O[C@@H]6CO)O[C@@H]5CO)O[C@@H]4CO)O[C@@H]3CO. The van der Waals surface area contributed by atoms with E-state index in [4.69, 9.17) is 61.6 Å². The van der Waals surface area contributed by atoms with Gasteiger partial charge in [-0.15, -0.1) is 0 Å². The molecule has 75 heavy (non-hydrogen) atoms. The fourth-order valence-electron chi connectivity index (χ4n) is 9.76. The van der Waals surface area contributed by atoms with Gasteiger partial charge in [-0.3, -0.25) is 0 Å². The van der Waals surface area contributed by atoms with Gasteiger partial charge in [-0.1, -0.05) is 0 Å². The normalized spacial score (nSPS) is 51.9. The lowest BCUT2D eigenvalue weighted by Gasteiger charge is -2.51. The lowest BCUT2D eigenvalue weighted by atomic mass is 9.94. The fourth-order valence-corrected chi connectivity index (χ4v) is 9.76. The van der Waals surface area contributed by atoms with Gasteiger partial charge < -0.3 is 169 Å². The molecule has 0 aromatic heterocycles. The number of aliphatic hydroxyl groups is 21. The molecule has 0 aromatic rings. The lowest BCUT2D eigenvalue weighted by Crippen LogP contribution is -2.69. The number of rotatable bonds is 11. The molecule has 22 saturated heterocycles. The maximum atomic E-state index is 11.8. The van der Waals surface area contributed by atoms with Gasteiger partial charge in [0.25, 0.3) is 0 Å². The minimum atomic E-state index is -2.57. The summed E-state index contributed by atoms with van der Waals surface area (Å²) in [5.41, 5.74) is 0. The first-order chi connectivity index (χ1) is 35.5. The van der Waals surface area contributed by atoms with E-state index in [2.05, 4.69) is 0 Å². The van der Waals surface area contributed by atoms with E-state index in [1.54, 1.807) is 0 Å². The maximum absolute atomic E-state index is 11.8. The molecule has 34 heteroatoms. The first-order valence-electron chi connectivity index (χ1n) is 23.9. The van der Waals surface area contributed by atoms with Crippen molar-refractivity contribution in [1.82, 2.24) is 0 Å². The van der Waals surface area contributed by atoms with Crippen molar-refractivity contribution in [3.8, 4) is 0 Å². The molecule has 21 N–H and O–H groups in total. The summed E-state index contributed by atoms with van der Waals surface area (Å²) >= 11 is 0. The zero-order valence-electron chi connectivity index (χ0n) is 39.6. The minimum absolute atomic E-state index is 1.03. The number of ether oxygens (including phenoxy) is 13. The molecular formula is C41H70O34. The van der Waals surface area contributed by atoms with Crippen LogP contribution in [0.25, 0.3) is 0 Å². The predicted molar refractivity (Wildman–Crippen MR) is 224 cm³/mol. The second-order valence-corrected chi connectivity index (χ2v) is 19.1. The fraction of sp³-hybridized carbons (Fsp3) is 1.00. The molecule has 34 atom stereocenters. The number of hydrogen-bond acceptors (Lipinski definition) is 34. The van der Waals surface area contributed by atoms with E-state index in [-0.39, 0.29) is 0 Å². The molecule has 0 radical (unpaired) electrons. The summed E-state index contributed by atoms with van der Waals surface area (Å²) in [5.74, 6) is 0. The summed E-state index contributed by atoms with van der Waals surface area (Å²) in [6.07, 6.45) is -70.3. The van der Waals surface area contributed by atoms with Crippen molar-refractivity contribution in [3.05, 3.63) is 0 Å². The summed E-state index contributed by atoms with van der Waals surface area (Å²) in [6.45, 7) is -5.45. The van der Waals surface area contributed by atoms with E-state index in [1.165, 1.54) is 0 Å². The van der Waals surface area contributed by atoms with Gasteiger partial charge in [0, 0.05) is 0 Å². The third kappa shape index (κ3) is 12.4. The Hall–Kier alpha value is -1.36. The number of hydrogen-bond donors (Lipinski definition) is 21. The molecule has 22 aliphatic heterocycles. The van der Waals surface area contributed by atoms with E-state index in [1.807, 2.05) is 0 Å². The van der Waals surface area contributed by atoms with E-state index in [0.717, 1.165) is 6.92 Å². The van der Waals surface area contributed by atoms with Crippen LogP contribution >= 0.6 is 0 Å². The van der Waals surface area contributed by atoms with E-state index < -0.39 is 248 Å². The second-order valence-electron chi connectivity index (χ2n) is 19.1. The predicted octanol–water partition coefficient (Wildman–Crippen LogP) is -14.6. The average molecular weight is 1110 g/mol. The highest BCUT2D eigenvalue weighted by Gasteiger charge is 2.59. The van der Waals surface area contributed by atoms with Gasteiger partial charge in [0.15, 0.2) is 44.0 Å².